The molecule has 10 heteroatoms. The highest BCUT2D eigenvalue weighted by Crippen LogP contribution is 2.47. The van der Waals surface area contributed by atoms with Crippen LogP contribution in [0.2, 0.25) is 0 Å². The van der Waals surface area contributed by atoms with Crippen LogP contribution in [0.3, 0.4) is 0 Å². The number of alkyl halides is 2. The largest absolute Gasteiger partial charge is 0.373 e. The summed E-state index contributed by atoms with van der Waals surface area (Å²) in [6, 6.07) is -2.04. The van der Waals surface area contributed by atoms with E-state index in [1.165, 1.54) is 30.4 Å². The maximum Gasteiger partial charge on any atom is 0.328 e. The van der Waals surface area contributed by atoms with Gasteiger partial charge in [0, 0.05) is 25.7 Å². The highest BCUT2D eigenvalue weighted by atomic mass is 19.3. The Hall–Kier alpha value is -1.91. The molecule has 1 aliphatic heterocycles. The van der Waals surface area contributed by atoms with E-state index in [9.17, 15) is 18.4 Å². The normalized spacial score (nSPS) is 30.5. The van der Waals surface area contributed by atoms with E-state index in [2.05, 4.69) is 4.98 Å². The van der Waals surface area contributed by atoms with E-state index >= 15 is 4.39 Å². The lowest BCUT2D eigenvalue weighted by molar-refractivity contribution is -0.0406. The average Bonchev–Trinajstić information content (AvgIpc) is 3.40. The van der Waals surface area contributed by atoms with Crippen LogP contribution in [0.4, 0.5) is 13.2 Å². The van der Waals surface area contributed by atoms with Crippen molar-refractivity contribution in [1.29, 1.82) is 0 Å². The molecule has 2 heterocycles. The Labute approximate surface area is 165 Å². The van der Waals surface area contributed by atoms with Gasteiger partial charge in [-0.1, -0.05) is 0 Å². The molecule has 3 aliphatic rings. The summed E-state index contributed by atoms with van der Waals surface area (Å²) < 4.78 is 51.5. The average molecular weight is 414 g/mol. The summed E-state index contributed by atoms with van der Waals surface area (Å²) in [7, 11) is 1.33. The lowest BCUT2D eigenvalue weighted by atomic mass is 9.88. The van der Waals surface area contributed by atoms with Gasteiger partial charge in [-0.15, -0.1) is 0 Å². The fourth-order valence-electron chi connectivity index (χ4n) is 4.72. The number of nitrogens with two attached hydrogens (primary N) is 1. The van der Waals surface area contributed by atoms with Crippen molar-refractivity contribution < 1.29 is 17.9 Å². The van der Waals surface area contributed by atoms with Crippen LogP contribution in [0.5, 0.6) is 0 Å². The molecule has 4 rings (SSSR count). The third-order valence-corrected chi connectivity index (χ3v) is 6.31. The molecule has 0 bridgehead atoms. The molecule has 1 saturated carbocycles. The van der Waals surface area contributed by atoms with Gasteiger partial charge in [-0.25, -0.2) is 18.0 Å². The molecule has 29 heavy (non-hydrogen) atoms. The summed E-state index contributed by atoms with van der Waals surface area (Å²) in [6.07, 6.45) is 0.436. The van der Waals surface area contributed by atoms with Crippen LogP contribution in [-0.4, -0.2) is 52.7 Å². The van der Waals surface area contributed by atoms with Crippen LogP contribution >= 0.6 is 0 Å². The number of allylic oxidation sites excluding steroid dienone is 1. The Bertz CT molecular complexity index is 980. The van der Waals surface area contributed by atoms with Gasteiger partial charge in [0.1, 0.15) is 11.9 Å². The van der Waals surface area contributed by atoms with Gasteiger partial charge < -0.3 is 10.5 Å². The predicted molar refractivity (Wildman–Crippen MR) is 100 cm³/mol. The summed E-state index contributed by atoms with van der Waals surface area (Å²) in [6.45, 7) is 2.16. The number of aromatic amines is 1. The molecule has 7 nitrogen and oxygen atoms in total. The first kappa shape index (κ1) is 20.4. The zero-order valence-corrected chi connectivity index (χ0v) is 16.5. The second kappa shape index (κ2) is 6.82. The van der Waals surface area contributed by atoms with Crippen molar-refractivity contribution in [2.24, 2.45) is 11.7 Å². The molecule has 0 aromatic carbocycles. The Morgan fingerprint density at radius 1 is 1.31 bits per heavy atom. The number of fused-ring (bicyclic) bond motifs is 1. The van der Waals surface area contributed by atoms with Crippen LogP contribution in [0.25, 0.3) is 5.57 Å². The lowest BCUT2D eigenvalue weighted by Crippen LogP contribution is -2.47. The van der Waals surface area contributed by atoms with E-state index in [4.69, 9.17) is 10.5 Å². The molecule has 1 aromatic rings. The van der Waals surface area contributed by atoms with Crippen LogP contribution < -0.4 is 17.0 Å². The molecule has 0 amide bonds. The fraction of sp³-hybridized carbons (Fsp3) is 0.684. The quantitative estimate of drug-likeness (QED) is 0.780. The molecule has 160 valence electrons. The molecule has 0 radical (unpaired) electrons. The first-order valence-electron chi connectivity index (χ1n) is 9.74. The van der Waals surface area contributed by atoms with Gasteiger partial charge in [0.05, 0.1) is 29.8 Å². The smallest absolute Gasteiger partial charge is 0.328 e. The predicted octanol–water partition coefficient (Wildman–Crippen LogP) is 1.56. The van der Waals surface area contributed by atoms with Crippen LogP contribution in [0.1, 0.15) is 50.1 Å². The standard InChI is InChI=1S/C19H25F3N4O3/c1-8-12-14(26(10-4-5-10)18(28)24-17(12)27)16(29-3)15(13(8)20)25-6-11(9(2)23)19(21,22)7-25/h9-11,15-16H,4-7,23H2,1-3H3,(H,24,27,28). The number of hydrogen-bond acceptors (Lipinski definition) is 5. The zero-order valence-electron chi connectivity index (χ0n) is 16.5. The number of ether oxygens (including phenoxy) is 1. The van der Waals surface area contributed by atoms with Gasteiger partial charge in [0.15, 0.2) is 0 Å². The molecule has 3 N–H and O–H groups in total. The number of halogens is 3. The monoisotopic (exact) mass is 414 g/mol. The molecule has 2 aliphatic carbocycles. The highest BCUT2D eigenvalue weighted by Gasteiger charge is 2.54. The maximum absolute atomic E-state index is 15.5. The molecular formula is C19H25F3N4O3. The number of nitrogens with zero attached hydrogens (tertiary/aromatic N) is 2. The molecule has 4 unspecified atom stereocenters. The number of methoxy groups -OCH3 is 1. The van der Waals surface area contributed by atoms with E-state index in [1.54, 1.807) is 0 Å². The van der Waals surface area contributed by atoms with E-state index in [0.717, 1.165) is 12.8 Å². The topological polar surface area (TPSA) is 93.3 Å². The van der Waals surface area contributed by atoms with Gasteiger partial charge in [0.25, 0.3) is 11.5 Å². The molecular weight excluding hydrogens is 389 g/mol. The van der Waals surface area contributed by atoms with E-state index < -0.39 is 53.6 Å². The molecule has 1 aromatic heterocycles. The van der Waals surface area contributed by atoms with Crippen molar-refractivity contribution in [2.45, 2.75) is 56.8 Å². The second-order valence-corrected chi connectivity index (χ2v) is 8.35. The summed E-state index contributed by atoms with van der Waals surface area (Å²) in [5, 5.41) is 0. The number of hydrogen-bond donors (Lipinski definition) is 2. The van der Waals surface area contributed by atoms with Crippen LogP contribution in [0.15, 0.2) is 15.4 Å². The highest BCUT2D eigenvalue weighted by molar-refractivity contribution is 5.70. The first-order valence-corrected chi connectivity index (χ1v) is 9.74. The van der Waals surface area contributed by atoms with E-state index in [1.807, 2.05) is 0 Å². The number of nitrogens with one attached hydrogen (secondary N) is 1. The fourth-order valence-corrected chi connectivity index (χ4v) is 4.72. The zero-order chi connectivity index (χ0) is 21.2. The Balaban J connectivity index is 1.87. The van der Waals surface area contributed by atoms with Gasteiger partial charge in [-0.05, 0) is 32.3 Å². The van der Waals surface area contributed by atoms with Crippen LogP contribution in [-0.2, 0) is 4.74 Å². The van der Waals surface area contributed by atoms with Crippen molar-refractivity contribution in [3.63, 3.8) is 0 Å². The molecule has 2 fully saturated rings. The summed E-state index contributed by atoms with van der Waals surface area (Å²) in [5.41, 5.74) is 4.81. The van der Waals surface area contributed by atoms with Crippen molar-refractivity contribution in [1.82, 2.24) is 14.5 Å². The van der Waals surface area contributed by atoms with E-state index in [-0.39, 0.29) is 29.4 Å². The van der Waals surface area contributed by atoms with Crippen molar-refractivity contribution in [3.05, 3.63) is 37.9 Å². The lowest BCUT2D eigenvalue weighted by Gasteiger charge is -2.38. The van der Waals surface area contributed by atoms with Gasteiger partial charge in [-0.2, -0.15) is 0 Å². The molecule has 4 atom stereocenters. The van der Waals surface area contributed by atoms with Gasteiger partial charge >= 0.3 is 5.69 Å². The summed E-state index contributed by atoms with van der Waals surface area (Å²) in [4.78, 5) is 28.6. The minimum absolute atomic E-state index is 0.0431. The number of likely N-dealkylation sites (tertiary alicyclic amines) is 1. The maximum atomic E-state index is 15.5. The third-order valence-electron chi connectivity index (χ3n) is 6.31. The van der Waals surface area contributed by atoms with Crippen molar-refractivity contribution in [3.8, 4) is 0 Å². The summed E-state index contributed by atoms with van der Waals surface area (Å²) in [5.74, 6) is -4.90. The molecule has 1 saturated heterocycles. The Kier molecular flexibility index (Phi) is 4.79. The summed E-state index contributed by atoms with van der Waals surface area (Å²) >= 11 is 0. The van der Waals surface area contributed by atoms with E-state index in [0.29, 0.717) is 0 Å². The second-order valence-electron chi connectivity index (χ2n) is 8.35. The minimum atomic E-state index is -3.08. The number of aromatic nitrogens is 2. The van der Waals surface area contributed by atoms with Crippen LogP contribution in [0, 0.1) is 5.92 Å². The third kappa shape index (κ3) is 3.08. The van der Waals surface area contributed by atoms with Gasteiger partial charge in [0.2, 0.25) is 0 Å². The van der Waals surface area contributed by atoms with Crippen molar-refractivity contribution in [2.75, 3.05) is 20.2 Å². The van der Waals surface area contributed by atoms with Gasteiger partial charge in [-0.3, -0.25) is 19.2 Å². The Morgan fingerprint density at radius 2 is 1.97 bits per heavy atom. The Morgan fingerprint density at radius 3 is 2.48 bits per heavy atom. The minimum Gasteiger partial charge on any atom is -0.373 e. The molecule has 0 spiro atoms. The number of H-pyrrole nitrogens is 1. The first-order chi connectivity index (χ1) is 13.6. The SMILES string of the molecule is COC1c2c(c(=O)[nH]c(=O)n2C2CC2)C(C)=C(F)C1N1CC(C(C)N)C(F)(F)C1. The number of rotatable bonds is 4. The van der Waals surface area contributed by atoms with Crippen molar-refractivity contribution >= 4 is 5.57 Å².